The summed E-state index contributed by atoms with van der Waals surface area (Å²) in [6.45, 7) is 7.78. The Balaban J connectivity index is 2.01. The van der Waals surface area contributed by atoms with E-state index in [9.17, 15) is 0 Å². The molecule has 4 N–H and O–H groups in total. The van der Waals surface area contributed by atoms with Gasteiger partial charge in [0.25, 0.3) is 0 Å². The van der Waals surface area contributed by atoms with E-state index in [-0.39, 0.29) is 0 Å². The van der Waals surface area contributed by atoms with Gasteiger partial charge in [-0.15, -0.1) is 0 Å². The summed E-state index contributed by atoms with van der Waals surface area (Å²) in [6, 6.07) is 0. The Labute approximate surface area is 152 Å². The van der Waals surface area contributed by atoms with Crippen LogP contribution in [0.1, 0.15) is 19.7 Å². The maximum atomic E-state index is 6.22. The van der Waals surface area contributed by atoms with Crippen molar-refractivity contribution in [2.75, 3.05) is 11.1 Å². The third-order valence-electron chi connectivity index (χ3n) is 3.88. The zero-order valence-electron chi connectivity index (χ0n) is 14.9. The summed E-state index contributed by atoms with van der Waals surface area (Å²) >= 11 is 0. The summed E-state index contributed by atoms with van der Waals surface area (Å²) in [6.07, 6.45) is 17.6. The van der Waals surface area contributed by atoms with E-state index in [1.807, 2.05) is 43.4 Å². The van der Waals surface area contributed by atoms with Crippen molar-refractivity contribution >= 4 is 28.2 Å². The molecule has 2 aromatic rings. The largest absolute Gasteiger partial charge is 0.383 e. The minimum atomic E-state index is 0.368. The van der Waals surface area contributed by atoms with Crippen molar-refractivity contribution in [2.24, 2.45) is 5.92 Å². The minimum Gasteiger partial charge on any atom is -0.383 e. The van der Waals surface area contributed by atoms with Gasteiger partial charge in [-0.3, -0.25) is 5.10 Å². The number of hydrogen-bond acceptors (Lipinski definition) is 5. The van der Waals surface area contributed by atoms with Gasteiger partial charge < -0.3 is 11.1 Å². The lowest BCUT2D eigenvalue weighted by Crippen LogP contribution is -2.02. The first-order valence-electron chi connectivity index (χ1n) is 8.43. The van der Waals surface area contributed by atoms with Gasteiger partial charge in [0.05, 0.1) is 0 Å². The van der Waals surface area contributed by atoms with Crippen LogP contribution in [0.3, 0.4) is 0 Å². The molecule has 26 heavy (non-hydrogen) atoms. The van der Waals surface area contributed by atoms with E-state index < -0.39 is 0 Å². The van der Waals surface area contributed by atoms with Gasteiger partial charge in [0, 0.05) is 11.3 Å². The smallest absolute Gasteiger partial charge is 0.188 e. The molecule has 132 valence electrons. The minimum absolute atomic E-state index is 0.368. The van der Waals surface area contributed by atoms with Crippen molar-refractivity contribution in [3.8, 4) is 0 Å². The highest BCUT2D eigenvalue weighted by atomic mass is 15.2. The quantitative estimate of drug-likeness (QED) is 0.708. The molecular weight excluding hydrogens is 324 g/mol. The summed E-state index contributed by atoms with van der Waals surface area (Å²) in [5, 5.41) is 11.1. The number of rotatable bonds is 5. The molecule has 0 bridgehead atoms. The van der Waals surface area contributed by atoms with E-state index in [4.69, 9.17) is 5.73 Å². The highest BCUT2D eigenvalue weighted by molar-refractivity contribution is 5.97. The zero-order valence-corrected chi connectivity index (χ0v) is 14.9. The van der Waals surface area contributed by atoms with Gasteiger partial charge in [-0.2, -0.15) is 5.10 Å². The molecule has 0 fully saturated rings. The number of aromatic nitrogens is 4. The first-order valence-corrected chi connectivity index (χ1v) is 8.43. The predicted octanol–water partition coefficient (Wildman–Crippen LogP) is 4.14. The molecule has 2 heterocycles. The normalized spacial score (nSPS) is 17.5. The van der Waals surface area contributed by atoms with E-state index in [1.54, 1.807) is 6.08 Å². The van der Waals surface area contributed by atoms with Crippen molar-refractivity contribution in [3.63, 3.8) is 0 Å². The lowest BCUT2D eigenvalue weighted by Gasteiger charge is -2.07. The molecule has 0 saturated carbocycles. The zero-order chi connectivity index (χ0) is 18.5. The van der Waals surface area contributed by atoms with Crippen LogP contribution in [0.5, 0.6) is 0 Å². The Bertz CT molecular complexity index is 972. The Morgan fingerprint density at radius 2 is 2.19 bits per heavy atom. The summed E-state index contributed by atoms with van der Waals surface area (Å²) in [5.74, 6) is 1.94. The Morgan fingerprint density at radius 1 is 1.35 bits per heavy atom. The molecule has 6 heteroatoms. The molecule has 0 aliphatic heterocycles. The molecule has 3 rings (SSSR count). The van der Waals surface area contributed by atoms with Gasteiger partial charge in [-0.25, -0.2) is 9.97 Å². The Morgan fingerprint density at radius 3 is 2.96 bits per heavy atom. The van der Waals surface area contributed by atoms with E-state index in [1.165, 1.54) is 0 Å². The van der Waals surface area contributed by atoms with E-state index in [0.29, 0.717) is 34.4 Å². The average Bonchev–Trinajstić information content (AvgIpc) is 2.88. The highest BCUT2D eigenvalue weighted by Gasteiger charge is 2.15. The number of anilines is 2. The summed E-state index contributed by atoms with van der Waals surface area (Å²) < 4.78 is 0. The van der Waals surface area contributed by atoms with Gasteiger partial charge in [0.15, 0.2) is 11.5 Å². The number of hydrogen-bond donors (Lipinski definition) is 3. The number of nitrogens with zero attached hydrogens (tertiary/aromatic N) is 3. The van der Waals surface area contributed by atoms with Gasteiger partial charge in [-0.05, 0) is 25.0 Å². The number of allylic oxidation sites excluding steroid dienone is 10. The molecule has 0 spiro atoms. The monoisotopic (exact) mass is 346 g/mol. The molecule has 1 atom stereocenters. The van der Waals surface area contributed by atoms with Crippen LogP contribution in [-0.4, -0.2) is 20.2 Å². The van der Waals surface area contributed by atoms with Crippen LogP contribution in [0, 0.1) is 5.92 Å². The standard InChI is InChI=1S/C20H22N6/c1-4-7-15(8-5-2)22-19-16-17(21)23-18(24-20(16)26-25-19)14-10-6-9-13(3)11-12-14/h4-13H,1H2,2-3H3,(H4,21,22,23,24,25,26)/b8-5-,15-7+. The maximum absolute atomic E-state index is 6.22. The number of aromatic amines is 1. The molecule has 0 amide bonds. The van der Waals surface area contributed by atoms with Crippen LogP contribution >= 0.6 is 0 Å². The second kappa shape index (κ2) is 7.65. The number of nitrogens with one attached hydrogen (secondary N) is 2. The lowest BCUT2D eigenvalue weighted by molar-refractivity contribution is 0.942. The number of H-pyrrole nitrogens is 1. The first kappa shape index (κ1) is 17.4. The molecule has 1 aliphatic carbocycles. The van der Waals surface area contributed by atoms with Gasteiger partial charge in [0.2, 0.25) is 0 Å². The van der Waals surface area contributed by atoms with Crippen LogP contribution < -0.4 is 11.1 Å². The third-order valence-corrected chi connectivity index (χ3v) is 3.88. The summed E-state index contributed by atoms with van der Waals surface area (Å²) in [5.41, 5.74) is 8.49. The molecule has 0 radical (unpaired) electrons. The van der Waals surface area contributed by atoms with Gasteiger partial charge in [-0.1, -0.05) is 56.0 Å². The molecular formula is C20H22N6. The molecule has 1 unspecified atom stereocenters. The Hall–Kier alpha value is -3.41. The fourth-order valence-electron chi connectivity index (χ4n) is 2.62. The van der Waals surface area contributed by atoms with Crippen molar-refractivity contribution in [1.29, 1.82) is 0 Å². The maximum Gasteiger partial charge on any atom is 0.188 e. The Kier molecular flexibility index (Phi) is 5.12. The van der Waals surface area contributed by atoms with E-state index in [0.717, 1.165) is 11.3 Å². The summed E-state index contributed by atoms with van der Waals surface area (Å²) in [4.78, 5) is 9.04. The molecule has 1 aliphatic rings. The van der Waals surface area contributed by atoms with Crippen LogP contribution in [-0.2, 0) is 0 Å². The highest BCUT2D eigenvalue weighted by Crippen LogP contribution is 2.27. The summed E-state index contributed by atoms with van der Waals surface area (Å²) in [7, 11) is 0. The van der Waals surface area contributed by atoms with Crippen molar-refractivity contribution in [3.05, 3.63) is 72.8 Å². The predicted molar refractivity (Wildman–Crippen MR) is 108 cm³/mol. The topological polar surface area (TPSA) is 92.5 Å². The number of fused-ring (bicyclic) bond motifs is 1. The second-order valence-electron chi connectivity index (χ2n) is 5.94. The lowest BCUT2D eigenvalue weighted by atomic mass is 10.1. The third kappa shape index (κ3) is 3.64. The fraction of sp³-hybridized carbons (Fsp3) is 0.150. The van der Waals surface area contributed by atoms with Gasteiger partial charge >= 0.3 is 0 Å². The van der Waals surface area contributed by atoms with Crippen molar-refractivity contribution < 1.29 is 0 Å². The van der Waals surface area contributed by atoms with E-state index >= 15 is 0 Å². The van der Waals surface area contributed by atoms with Crippen LogP contribution in [0.25, 0.3) is 16.6 Å². The fourth-order valence-corrected chi connectivity index (χ4v) is 2.62. The number of nitrogens with two attached hydrogens (primary N) is 1. The van der Waals surface area contributed by atoms with E-state index in [2.05, 4.69) is 51.1 Å². The van der Waals surface area contributed by atoms with Crippen molar-refractivity contribution in [1.82, 2.24) is 20.2 Å². The molecule has 2 aromatic heterocycles. The SMILES string of the molecule is C=C/C=C(\C=C/C)Nc1[nH]nc2nc(C3=CC=CC(C)C=C3)nc(N)c12. The van der Waals surface area contributed by atoms with Crippen LogP contribution in [0.2, 0.25) is 0 Å². The van der Waals surface area contributed by atoms with Crippen LogP contribution in [0.15, 0.2) is 67.0 Å². The first-order chi connectivity index (χ1) is 12.6. The van der Waals surface area contributed by atoms with Crippen molar-refractivity contribution in [2.45, 2.75) is 13.8 Å². The molecule has 6 nitrogen and oxygen atoms in total. The van der Waals surface area contributed by atoms with Gasteiger partial charge in [0.1, 0.15) is 17.0 Å². The molecule has 0 saturated heterocycles. The average molecular weight is 346 g/mol. The number of nitrogen functional groups attached to an aromatic ring is 1. The second-order valence-corrected chi connectivity index (χ2v) is 5.94. The molecule has 0 aromatic carbocycles. The van der Waals surface area contributed by atoms with Crippen LogP contribution in [0.4, 0.5) is 11.6 Å².